The van der Waals surface area contributed by atoms with E-state index >= 15 is 0 Å². The molecule has 1 aromatic heterocycles. The van der Waals surface area contributed by atoms with Gasteiger partial charge in [0.2, 0.25) is 5.95 Å². The smallest absolute Gasteiger partial charge is 0.410 e. The first kappa shape index (κ1) is 35.4. The second kappa shape index (κ2) is 15.1. The van der Waals surface area contributed by atoms with E-state index in [1.165, 1.54) is 12.4 Å². The van der Waals surface area contributed by atoms with Crippen molar-refractivity contribution in [1.29, 1.82) is 0 Å². The van der Waals surface area contributed by atoms with Crippen molar-refractivity contribution >= 4 is 24.0 Å². The van der Waals surface area contributed by atoms with E-state index in [9.17, 15) is 27.6 Å². The summed E-state index contributed by atoms with van der Waals surface area (Å²) in [5, 5.41) is 2.72. The molecule has 1 N–H and O–H groups in total. The second-order valence-electron chi connectivity index (χ2n) is 13.2. The van der Waals surface area contributed by atoms with Gasteiger partial charge in [-0.15, -0.1) is 0 Å². The lowest BCUT2D eigenvalue weighted by Crippen LogP contribution is -2.48. The Labute approximate surface area is 283 Å². The minimum atomic E-state index is -1.32. The van der Waals surface area contributed by atoms with Crippen LogP contribution in [0.15, 0.2) is 54.9 Å². The third-order valence-electron chi connectivity index (χ3n) is 8.60. The summed E-state index contributed by atoms with van der Waals surface area (Å²) in [7, 11) is 0. The van der Waals surface area contributed by atoms with Gasteiger partial charge in [0.15, 0.2) is 11.6 Å². The Kier molecular flexibility index (Phi) is 10.9. The highest BCUT2D eigenvalue weighted by atomic mass is 19.2. The molecule has 2 atom stereocenters. The Balaban J connectivity index is 1.23. The van der Waals surface area contributed by atoms with E-state index < -0.39 is 41.1 Å². The monoisotopic (exact) mass is 682 g/mol. The van der Waals surface area contributed by atoms with Crippen molar-refractivity contribution in [3.63, 3.8) is 0 Å². The zero-order valence-corrected chi connectivity index (χ0v) is 28.0. The van der Waals surface area contributed by atoms with E-state index in [-0.39, 0.29) is 54.8 Å². The summed E-state index contributed by atoms with van der Waals surface area (Å²) in [4.78, 5) is 52.7. The van der Waals surface area contributed by atoms with Crippen LogP contribution in [0.4, 0.5) is 28.7 Å². The maximum absolute atomic E-state index is 14.9. The van der Waals surface area contributed by atoms with Gasteiger partial charge in [-0.25, -0.2) is 32.7 Å². The largest absolute Gasteiger partial charge is 0.445 e. The fourth-order valence-electron chi connectivity index (χ4n) is 6.21. The highest BCUT2D eigenvalue weighted by Crippen LogP contribution is 2.33. The zero-order valence-electron chi connectivity index (χ0n) is 28.0. The summed E-state index contributed by atoms with van der Waals surface area (Å²) < 4.78 is 53.6. The molecule has 0 bridgehead atoms. The number of anilines is 1. The van der Waals surface area contributed by atoms with Crippen LogP contribution >= 0.6 is 0 Å². The Morgan fingerprint density at radius 1 is 0.959 bits per heavy atom. The summed E-state index contributed by atoms with van der Waals surface area (Å²) in [6.07, 6.45) is 2.85. The van der Waals surface area contributed by atoms with Crippen LogP contribution in [0.1, 0.15) is 67.9 Å². The van der Waals surface area contributed by atoms with Crippen molar-refractivity contribution in [3.8, 4) is 0 Å². The number of alkyl carbamates (subject to hydrolysis) is 1. The van der Waals surface area contributed by atoms with Crippen molar-refractivity contribution < 1.29 is 37.0 Å². The van der Waals surface area contributed by atoms with E-state index in [1.807, 2.05) is 37.3 Å². The maximum atomic E-state index is 14.9. The lowest BCUT2D eigenvalue weighted by atomic mass is 9.93. The topological polar surface area (TPSA) is 117 Å². The fraction of sp³-hybridized carbons (Fsp3) is 0.457. The molecule has 262 valence electrons. The average Bonchev–Trinajstić information content (AvgIpc) is 3.48. The molecule has 5 rings (SSSR count). The summed E-state index contributed by atoms with van der Waals surface area (Å²) in [5.74, 6) is -4.30. The number of aromatic nitrogens is 2. The quantitative estimate of drug-likeness (QED) is 0.303. The molecular weight excluding hydrogens is 641 g/mol. The number of hydrogen-bond acceptors (Lipinski definition) is 8. The maximum Gasteiger partial charge on any atom is 0.410 e. The zero-order chi connectivity index (χ0) is 35.3. The first-order valence-electron chi connectivity index (χ1n) is 16.3. The van der Waals surface area contributed by atoms with Crippen LogP contribution in [0, 0.1) is 17.5 Å². The number of amides is 3. The number of carbonyl (C=O) groups excluding carboxylic acids is 3. The molecule has 2 fully saturated rings. The Morgan fingerprint density at radius 2 is 1.61 bits per heavy atom. The number of halogens is 3. The first-order valence-corrected chi connectivity index (χ1v) is 16.3. The van der Waals surface area contributed by atoms with Gasteiger partial charge < -0.3 is 29.5 Å². The predicted molar refractivity (Wildman–Crippen MR) is 174 cm³/mol. The lowest BCUT2D eigenvalue weighted by molar-refractivity contribution is 0.0499. The number of hydrogen-bond donors (Lipinski definition) is 1. The molecule has 49 heavy (non-hydrogen) atoms. The standard InChI is InChI=1S/C35H41F3N6O5/c1-5-44(24-11-13-42(14-12-24)34(47)48-21-22-9-7-6-8-10-22)31(45)23-17-39-32(40-18-23)43-19-26(25-15-28(37)29(38)16-27(25)36)30(20-43)41-33(46)49-35(2,3)4/h6-10,15-18,24,26,30H,5,11-14,19-21H2,1-4H3,(H,41,46)/t26-,30+/m1/s1. The van der Waals surface area contributed by atoms with Crippen molar-refractivity contribution in [2.45, 2.75) is 70.7 Å². The number of piperidine rings is 1. The van der Waals surface area contributed by atoms with Gasteiger partial charge in [0.05, 0.1) is 11.6 Å². The molecule has 2 aromatic carbocycles. The minimum absolute atomic E-state index is 0.0726. The van der Waals surface area contributed by atoms with E-state index in [1.54, 1.807) is 35.5 Å². The lowest BCUT2D eigenvalue weighted by Gasteiger charge is -2.37. The van der Waals surface area contributed by atoms with Crippen LogP contribution < -0.4 is 10.2 Å². The first-order chi connectivity index (χ1) is 23.3. The van der Waals surface area contributed by atoms with Crippen molar-refractivity contribution in [1.82, 2.24) is 25.1 Å². The van der Waals surface area contributed by atoms with Crippen molar-refractivity contribution in [2.24, 2.45) is 0 Å². The Hall–Kier alpha value is -4.88. The summed E-state index contributed by atoms with van der Waals surface area (Å²) >= 11 is 0. The summed E-state index contributed by atoms with van der Waals surface area (Å²) in [6, 6.07) is 9.87. The van der Waals surface area contributed by atoms with Crippen LogP contribution in [-0.2, 0) is 16.1 Å². The van der Waals surface area contributed by atoms with Crippen LogP contribution in [0.3, 0.4) is 0 Å². The molecule has 3 amide bonds. The predicted octanol–water partition coefficient (Wildman–Crippen LogP) is 5.65. The van der Waals surface area contributed by atoms with Crippen LogP contribution in [-0.4, -0.2) is 88.3 Å². The molecule has 0 spiro atoms. The Morgan fingerprint density at radius 3 is 2.24 bits per heavy atom. The average molecular weight is 683 g/mol. The molecule has 0 aliphatic carbocycles. The van der Waals surface area contributed by atoms with Gasteiger partial charge in [0.25, 0.3) is 5.91 Å². The van der Waals surface area contributed by atoms with Crippen LogP contribution in [0.2, 0.25) is 0 Å². The normalized spacial score (nSPS) is 18.3. The molecule has 0 saturated carbocycles. The summed E-state index contributed by atoms with van der Waals surface area (Å²) in [6.45, 7) is 8.69. The molecule has 0 unspecified atom stereocenters. The molecule has 3 aromatic rings. The van der Waals surface area contributed by atoms with Crippen LogP contribution in [0.5, 0.6) is 0 Å². The van der Waals surface area contributed by atoms with Gasteiger partial charge in [-0.3, -0.25) is 4.79 Å². The molecule has 11 nitrogen and oxygen atoms in total. The van der Waals surface area contributed by atoms with E-state index in [0.717, 1.165) is 11.6 Å². The highest BCUT2D eigenvalue weighted by molar-refractivity contribution is 5.94. The number of nitrogens with zero attached hydrogens (tertiary/aromatic N) is 5. The van der Waals surface area contributed by atoms with Gasteiger partial charge >= 0.3 is 12.2 Å². The second-order valence-corrected chi connectivity index (χ2v) is 13.2. The van der Waals surface area contributed by atoms with E-state index in [4.69, 9.17) is 9.47 Å². The number of rotatable bonds is 8. The van der Waals surface area contributed by atoms with Gasteiger partial charge in [0, 0.05) is 63.1 Å². The van der Waals surface area contributed by atoms with Gasteiger partial charge in [-0.05, 0) is 57.7 Å². The molecule has 2 aliphatic rings. The third-order valence-corrected chi connectivity index (χ3v) is 8.60. The molecular formula is C35H41F3N6O5. The number of ether oxygens (including phenoxy) is 2. The molecule has 3 heterocycles. The number of benzene rings is 2. The summed E-state index contributed by atoms with van der Waals surface area (Å²) in [5.41, 5.74) is 0.263. The molecule has 0 radical (unpaired) electrons. The van der Waals surface area contributed by atoms with Gasteiger partial charge in [0.1, 0.15) is 18.0 Å². The molecule has 2 aliphatic heterocycles. The molecule has 14 heteroatoms. The Bertz CT molecular complexity index is 1630. The van der Waals surface area contributed by atoms with E-state index in [2.05, 4.69) is 15.3 Å². The molecule has 2 saturated heterocycles. The minimum Gasteiger partial charge on any atom is -0.445 e. The van der Waals surface area contributed by atoms with E-state index in [0.29, 0.717) is 38.5 Å². The number of likely N-dealkylation sites (tertiary alicyclic amines) is 1. The van der Waals surface area contributed by atoms with Gasteiger partial charge in [-0.1, -0.05) is 30.3 Å². The number of nitrogens with one attached hydrogen (secondary N) is 1. The fourth-order valence-corrected chi connectivity index (χ4v) is 6.21. The highest BCUT2D eigenvalue weighted by Gasteiger charge is 2.39. The van der Waals surface area contributed by atoms with Gasteiger partial charge in [-0.2, -0.15) is 0 Å². The number of carbonyl (C=O) groups is 3. The SMILES string of the molecule is CCN(C(=O)c1cnc(N2C[C@H](NC(=O)OC(C)(C)C)[C@@H](c3cc(F)c(F)cc3F)C2)nc1)C1CCN(C(=O)OCc2ccccc2)CC1. The van der Waals surface area contributed by atoms with Crippen molar-refractivity contribution in [3.05, 3.63) is 89.0 Å². The van der Waals surface area contributed by atoms with Crippen molar-refractivity contribution in [2.75, 3.05) is 37.6 Å². The van der Waals surface area contributed by atoms with Crippen LogP contribution in [0.25, 0.3) is 0 Å². The third kappa shape index (κ3) is 8.78.